The number of piperidine rings is 1. The average Bonchev–Trinajstić information content (AvgIpc) is 3.05. The highest BCUT2D eigenvalue weighted by atomic mass is 35.5. The van der Waals surface area contributed by atoms with Crippen LogP contribution in [0.5, 0.6) is 0 Å². The van der Waals surface area contributed by atoms with E-state index in [1.54, 1.807) is 36.7 Å². The number of halogens is 1. The third kappa shape index (κ3) is 3.59. The van der Waals surface area contributed by atoms with Crippen molar-refractivity contribution in [1.82, 2.24) is 18.7 Å². The number of nitrogens with zero attached hydrogens (tertiary/aromatic N) is 4. The Morgan fingerprint density at radius 3 is 2.37 bits per heavy atom. The van der Waals surface area contributed by atoms with Crippen molar-refractivity contribution < 1.29 is 8.42 Å². The minimum absolute atomic E-state index is 0.00832. The topological polar surface area (TPSA) is 77.2 Å². The Labute approximate surface area is 180 Å². The summed E-state index contributed by atoms with van der Waals surface area (Å²) in [6, 6.07) is 14.3. The molecule has 0 atom stereocenters. The van der Waals surface area contributed by atoms with Gasteiger partial charge in [-0.25, -0.2) is 22.5 Å². The molecule has 1 fully saturated rings. The molecule has 3 aromatic rings. The van der Waals surface area contributed by atoms with Gasteiger partial charge in [0.05, 0.1) is 10.6 Å². The van der Waals surface area contributed by atoms with E-state index in [0.717, 1.165) is 5.69 Å². The number of aromatic nitrogens is 3. The Bertz CT molecular complexity index is 1230. The molecule has 0 saturated carbocycles. The van der Waals surface area contributed by atoms with Crippen LogP contribution in [-0.2, 0) is 17.1 Å². The lowest BCUT2D eigenvalue weighted by molar-refractivity contribution is 0.311. The van der Waals surface area contributed by atoms with Crippen molar-refractivity contribution in [2.24, 2.45) is 7.05 Å². The van der Waals surface area contributed by atoms with Crippen molar-refractivity contribution in [3.05, 3.63) is 75.4 Å². The van der Waals surface area contributed by atoms with E-state index in [-0.39, 0.29) is 16.5 Å². The van der Waals surface area contributed by atoms with E-state index in [9.17, 15) is 13.2 Å². The number of para-hydroxylation sites is 1. The summed E-state index contributed by atoms with van der Waals surface area (Å²) in [7, 11) is -2.00. The molecule has 2 heterocycles. The van der Waals surface area contributed by atoms with Crippen LogP contribution in [0.4, 0.5) is 0 Å². The first-order valence-electron chi connectivity index (χ1n) is 9.77. The van der Waals surface area contributed by atoms with E-state index in [0.29, 0.717) is 42.3 Å². The fourth-order valence-corrected chi connectivity index (χ4v) is 5.88. The van der Waals surface area contributed by atoms with Crippen LogP contribution in [0.25, 0.3) is 5.69 Å². The molecule has 9 heteroatoms. The first kappa shape index (κ1) is 20.8. The maximum absolute atomic E-state index is 13.1. The largest absolute Gasteiger partial charge is 0.350 e. The van der Waals surface area contributed by atoms with Crippen LogP contribution in [0.1, 0.15) is 30.1 Å². The molecule has 1 saturated heterocycles. The molecule has 0 spiro atoms. The minimum atomic E-state index is -3.63. The van der Waals surface area contributed by atoms with Crippen LogP contribution >= 0.6 is 11.6 Å². The van der Waals surface area contributed by atoms with Gasteiger partial charge in [0.25, 0.3) is 0 Å². The summed E-state index contributed by atoms with van der Waals surface area (Å²) in [5, 5.41) is 4.90. The van der Waals surface area contributed by atoms with Crippen molar-refractivity contribution in [3.8, 4) is 5.69 Å². The Morgan fingerprint density at radius 1 is 1.03 bits per heavy atom. The molecule has 30 heavy (non-hydrogen) atoms. The van der Waals surface area contributed by atoms with E-state index < -0.39 is 10.0 Å². The fourth-order valence-electron chi connectivity index (χ4n) is 3.93. The molecule has 0 unspecified atom stereocenters. The zero-order chi connectivity index (χ0) is 21.5. The van der Waals surface area contributed by atoms with Gasteiger partial charge in [-0.15, -0.1) is 0 Å². The molecule has 4 rings (SSSR count). The third-order valence-corrected chi connectivity index (χ3v) is 8.07. The van der Waals surface area contributed by atoms with Crippen LogP contribution in [0, 0.1) is 6.92 Å². The van der Waals surface area contributed by atoms with Gasteiger partial charge in [-0.1, -0.05) is 35.9 Å². The van der Waals surface area contributed by atoms with Crippen molar-refractivity contribution in [3.63, 3.8) is 0 Å². The summed E-state index contributed by atoms with van der Waals surface area (Å²) in [6.07, 6.45) is 1.17. The lowest BCUT2D eigenvalue weighted by atomic mass is 9.97. The summed E-state index contributed by atoms with van der Waals surface area (Å²) in [6.45, 7) is 2.44. The molecule has 0 aliphatic carbocycles. The molecule has 1 aliphatic rings. The summed E-state index contributed by atoms with van der Waals surface area (Å²) in [4.78, 5) is 12.9. The summed E-state index contributed by atoms with van der Waals surface area (Å²) in [5.41, 5.74) is 1.11. The lowest BCUT2D eigenvalue weighted by Crippen LogP contribution is -2.38. The second-order valence-electron chi connectivity index (χ2n) is 7.48. The Kier molecular flexibility index (Phi) is 5.57. The van der Waals surface area contributed by atoms with E-state index in [4.69, 9.17) is 11.6 Å². The maximum Gasteiger partial charge on any atom is 0.350 e. The van der Waals surface area contributed by atoms with E-state index in [1.807, 2.05) is 30.3 Å². The van der Waals surface area contributed by atoms with Gasteiger partial charge < -0.3 is 0 Å². The average molecular weight is 447 g/mol. The Morgan fingerprint density at radius 2 is 1.70 bits per heavy atom. The predicted octanol–water partition coefficient (Wildman–Crippen LogP) is 3.10. The highest BCUT2D eigenvalue weighted by Gasteiger charge is 2.33. The monoisotopic (exact) mass is 446 g/mol. The van der Waals surface area contributed by atoms with Gasteiger partial charge in [-0.05, 0) is 49.6 Å². The van der Waals surface area contributed by atoms with Crippen molar-refractivity contribution in [2.75, 3.05) is 13.1 Å². The van der Waals surface area contributed by atoms with Crippen LogP contribution in [0.3, 0.4) is 0 Å². The molecule has 0 amide bonds. The summed E-state index contributed by atoms with van der Waals surface area (Å²) < 4.78 is 30.7. The van der Waals surface area contributed by atoms with E-state index in [2.05, 4.69) is 5.10 Å². The fraction of sp³-hybridized carbons (Fsp3) is 0.333. The summed E-state index contributed by atoms with van der Waals surface area (Å²) >= 11 is 6.13. The van der Waals surface area contributed by atoms with Gasteiger partial charge >= 0.3 is 5.69 Å². The number of hydrogen-bond donors (Lipinski definition) is 0. The number of benzene rings is 2. The summed E-state index contributed by atoms with van der Waals surface area (Å²) in [5.74, 6) is 0.663. The zero-order valence-electron chi connectivity index (χ0n) is 16.8. The van der Waals surface area contributed by atoms with Crippen LogP contribution < -0.4 is 5.69 Å². The van der Waals surface area contributed by atoms with Crippen LogP contribution in [-0.4, -0.2) is 40.2 Å². The molecule has 0 N–H and O–H groups in total. The zero-order valence-corrected chi connectivity index (χ0v) is 18.4. The molecule has 1 aliphatic heterocycles. The molecule has 7 nitrogen and oxygen atoms in total. The number of hydrogen-bond acceptors (Lipinski definition) is 4. The Hall–Kier alpha value is -2.42. The molecule has 2 aromatic carbocycles. The van der Waals surface area contributed by atoms with Gasteiger partial charge in [0.15, 0.2) is 0 Å². The van der Waals surface area contributed by atoms with Gasteiger partial charge in [-0.3, -0.25) is 0 Å². The van der Waals surface area contributed by atoms with Crippen LogP contribution in [0.2, 0.25) is 5.02 Å². The second-order valence-corrected chi connectivity index (χ2v) is 9.79. The molecule has 158 valence electrons. The van der Waals surface area contributed by atoms with Gasteiger partial charge in [0.2, 0.25) is 10.0 Å². The maximum atomic E-state index is 13.1. The van der Waals surface area contributed by atoms with Gasteiger partial charge in [0.1, 0.15) is 5.82 Å². The molecule has 0 bridgehead atoms. The van der Waals surface area contributed by atoms with Crippen molar-refractivity contribution in [2.45, 2.75) is 30.6 Å². The first-order chi connectivity index (χ1) is 14.3. The molecule has 0 radical (unpaired) electrons. The minimum Gasteiger partial charge on any atom is -0.247 e. The third-order valence-electron chi connectivity index (χ3n) is 5.62. The Balaban J connectivity index is 1.60. The highest BCUT2D eigenvalue weighted by molar-refractivity contribution is 7.89. The molecular weight excluding hydrogens is 424 g/mol. The van der Waals surface area contributed by atoms with Crippen molar-refractivity contribution >= 4 is 21.6 Å². The quantitative estimate of drug-likeness (QED) is 0.617. The van der Waals surface area contributed by atoms with Crippen molar-refractivity contribution in [1.29, 1.82) is 0 Å². The van der Waals surface area contributed by atoms with Crippen LogP contribution in [0.15, 0.2) is 58.2 Å². The first-order valence-corrected chi connectivity index (χ1v) is 11.6. The molecule has 1 aromatic heterocycles. The van der Waals surface area contributed by atoms with E-state index >= 15 is 0 Å². The smallest absolute Gasteiger partial charge is 0.247 e. The van der Waals surface area contributed by atoms with Gasteiger partial charge in [-0.2, -0.15) is 9.40 Å². The van der Waals surface area contributed by atoms with E-state index in [1.165, 1.54) is 8.99 Å². The molecular formula is C21H23ClN4O3S. The number of aryl methyl sites for hydroxylation is 1. The lowest BCUT2D eigenvalue weighted by Gasteiger charge is -2.31. The predicted molar refractivity (Wildman–Crippen MR) is 116 cm³/mol. The highest BCUT2D eigenvalue weighted by Crippen LogP contribution is 2.32. The SMILES string of the molecule is Cc1c(Cl)cccc1S(=O)(=O)N1CCC(c2nn(C)c(=O)n2-c2ccccc2)CC1. The normalized spacial score (nSPS) is 16.1. The standard InChI is InChI=1S/C21H23ClN4O3S/c1-15-18(22)9-6-10-19(15)30(28,29)25-13-11-16(12-14-25)20-23-24(2)21(27)26(20)17-7-4-3-5-8-17/h3-10,16H,11-14H2,1-2H3. The number of rotatable bonds is 4. The number of sulfonamides is 1. The van der Waals surface area contributed by atoms with Gasteiger partial charge in [0, 0.05) is 31.1 Å². The second kappa shape index (κ2) is 8.02.